The Morgan fingerprint density at radius 1 is 1.10 bits per heavy atom. The minimum Gasteiger partial charge on any atom is -0.497 e. The van der Waals surface area contributed by atoms with Gasteiger partial charge in [-0.1, -0.05) is 35.5 Å². The lowest BCUT2D eigenvalue weighted by Crippen LogP contribution is -2.40. The number of imide groups is 1. The molecule has 2 aromatic carbocycles. The maximum Gasteiger partial charge on any atom is 0.325 e. The molecule has 9 nitrogen and oxygen atoms in total. The van der Waals surface area contributed by atoms with Crippen molar-refractivity contribution in [3.63, 3.8) is 0 Å². The number of rotatable bonds is 6. The van der Waals surface area contributed by atoms with E-state index < -0.39 is 11.6 Å². The van der Waals surface area contributed by atoms with Crippen LogP contribution in [0.25, 0.3) is 11.4 Å². The Labute approximate surface area is 172 Å². The number of methoxy groups -OCH3 is 2. The third kappa shape index (κ3) is 3.24. The summed E-state index contributed by atoms with van der Waals surface area (Å²) in [6, 6.07) is 13.7. The summed E-state index contributed by atoms with van der Waals surface area (Å²) in [5, 5.41) is 6.71. The van der Waals surface area contributed by atoms with Gasteiger partial charge in [0, 0.05) is 6.07 Å². The molecule has 1 atom stereocenters. The fourth-order valence-corrected chi connectivity index (χ4v) is 3.35. The lowest BCUT2D eigenvalue weighted by molar-refractivity contribution is -0.131. The Hall–Kier alpha value is -3.88. The average molecular weight is 408 g/mol. The molecule has 0 bridgehead atoms. The number of ether oxygens (including phenoxy) is 2. The average Bonchev–Trinajstić information content (AvgIpc) is 3.33. The van der Waals surface area contributed by atoms with Crippen molar-refractivity contribution < 1.29 is 23.6 Å². The molecule has 1 fully saturated rings. The van der Waals surface area contributed by atoms with Crippen LogP contribution in [0.2, 0.25) is 0 Å². The molecule has 1 aliphatic heterocycles. The number of carbonyl (C=O) groups excluding carboxylic acids is 2. The number of nitrogens with zero attached hydrogens (tertiary/aromatic N) is 3. The van der Waals surface area contributed by atoms with Gasteiger partial charge in [-0.15, -0.1) is 0 Å². The van der Waals surface area contributed by atoms with Gasteiger partial charge in [0.25, 0.3) is 5.91 Å². The van der Waals surface area contributed by atoms with Gasteiger partial charge in [0.05, 0.1) is 19.8 Å². The molecule has 0 saturated carbocycles. The van der Waals surface area contributed by atoms with Gasteiger partial charge in [-0.25, -0.2) is 4.79 Å². The van der Waals surface area contributed by atoms with Gasteiger partial charge in [0.1, 0.15) is 23.6 Å². The smallest absolute Gasteiger partial charge is 0.325 e. The van der Waals surface area contributed by atoms with E-state index in [-0.39, 0.29) is 24.2 Å². The minimum atomic E-state index is -1.15. The maximum absolute atomic E-state index is 13.0. The molecule has 3 amide bonds. The van der Waals surface area contributed by atoms with Crippen molar-refractivity contribution in [2.45, 2.75) is 19.0 Å². The molecule has 1 aromatic heterocycles. The predicted molar refractivity (Wildman–Crippen MR) is 106 cm³/mol. The third-order valence-corrected chi connectivity index (χ3v) is 5.04. The van der Waals surface area contributed by atoms with E-state index in [9.17, 15) is 9.59 Å². The van der Waals surface area contributed by atoms with Crippen molar-refractivity contribution in [1.29, 1.82) is 0 Å². The van der Waals surface area contributed by atoms with Crippen LogP contribution in [0.5, 0.6) is 11.5 Å². The summed E-state index contributed by atoms with van der Waals surface area (Å²) >= 11 is 0. The quantitative estimate of drug-likeness (QED) is 0.625. The summed E-state index contributed by atoms with van der Waals surface area (Å²) in [5.74, 6) is 1.15. The van der Waals surface area contributed by atoms with Crippen LogP contribution in [0.15, 0.2) is 53.1 Å². The molecule has 0 aliphatic carbocycles. The van der Waals surface area contributed by atoms with E-state index in [0.29, 0.717) is 22.6 Å². The number of hydrogen-bond donors (Lipinski definition) is 1. The molecular weight excluding hydrogens is 388 g/mol. The minimum absolute atomic E-state index is 0.128. The Balaban J connectivity index is 1.57. The SMILES string of the molecule is COc1ccc(-c2noc(CN3C(=O)NC(C)(c4ccccc4)C3=O)n2)c(OC)c1. The van der Waals surface area contributed by atoms with Crippen molar-refractivity contribution in [3.05, 3.63) is 60.0 Å². The first-order valence-corrected chi connectivity index (χ1v) is 9.21. The first-order chi connectivity index (χ1) is 14.5. The second-order valence-electron chi connectivity index (χ2n) is 6.89. The van der Waals surface area contributed by atoms with Crippen LogP contribution in [0.3, 0.4) is 0 Å². The van der Waals surface area contributed by atoms with Crippen LogP contribution >= 0.6 is 0 Å². The molecule has 1 aliphatic rings. The van der Waals surface area contributed by atoms with E-state index in [0.717, 1.165) is 4.90 Å². The summed E-state index contributed by atoms with van der Waals surface area (Å²) in [6.07, 6.45) is 0. The highest BCUT2D eigenvalue weighted by atomic mass is 16.5. The Morgan fingerprint density at radius 2 is 1.87 bits per heavy atom. The standard InChI is InChI=1S/C21H20N4O5/c1-21(13-7-5-4-6-8-13)19(26)25(20(27)23-21)12-17-22-18(24-30-17)15-10-9-14(28-2)11-16(15)29-3/h4-11H,12H2,1-3H3,(H,23,27). The van der Waals surface area contributed by atoms with Crippen molar-refractivity contribution in [2.75, 3.05) is 14.2 Å². The van der Waals surface area contributed by atoms with Crippen LogP contribution in [-0.2, 0) is 16.9 Å². The summed E-state index contributed by atoms with van der Waals surface area (Å²) in [6.45, 7) is 1.53. The van der Waals surface area contributed by atoms with E-state index in [1.807, 2.05) is 18.2 Å². The highest BCUT2D eigenvalue weighted by molar-refractivity contribution is 6.07. The molecule has 0 radical (unpaired) electrons. The first kappa shape index (κ1) is 19.4. The number of benzene rings is 2. The highest BCUT2D eigenvalue weighted by Crippen LogP contribution is 2.33. The van der Waals surface area contributed by atoms with E-state index in [4.69, 9.17) is 14.0 Å². The second kappa shape index (κ2) is 7.51. The Kier molecular flexibility index (Phi) is 4.86. The molecule has 3 aromatic rings. The van der Waals surface area contributed by atoms with Gasteiger partial charge in [-0.2, -0.15) is 4.98 Å². The second-order valence-corrected chi connectivity index (χ2v) is 6.89. The molecule has 1 N–H and O–H groups in total. The van der Waals surface area contributed by atoms with Gasteiger partial charge in [0.2, 0.25) is 11.7 Å². The molecule has 1 saturated heterocycles. The predicted octanol–water partition coefficient (Wildman–Crippen LogP) is 2.72. The molecule has 0 spiro atoms. The molecule has 4 rings (SSSR count). The number of nitrogens with one attached hydrogen (secondary N) is 1. The molecule has 154 valence electrons. The maximum atomic E-state index is 13.0. The normalized spacial score (nSPS) is 18.4. The number of aromatic nitrogens is 2. The zero-order valence-electron chi connectivity index (χ0n) is 16.7. The van der Waals surface area contributed by atoms with Gasteiger partial charge >= 0.3 is 6.03 Å². The van der Waals surface area contributed by atoms with Crippen molar-refractivity contribution in [3.8, 4) is 22.9 Å². The summed E-state index contributed by atoms with van der Waals surface area (Å²) < 4.78 is 15.8. The van der Waals surface area contributed by atoms with Gasteiger partial charge < -0.3 is 19.3 Å². The van der Waals surface area contributed by atoms with Crippen LogP contribution < -0.4 is 14.8 Å². The monoisotopic (exact) mass is 408 g/mol. The van der Waals surface area contributed by atoms with Crippen LogP contribution in [0.1, 0.15) is 18.4 Å². The lowest BCUT2D eigenvalue weighted by Gasteiger charge is -2.21. The van der Waals surface area contributed by atoms with E-state index in [1.165, 1.54) is 7.11 Å². The molecule has 1 unspecified atom stereocenters. The molecule has 2 heterocycles. The van der Waals surface area contributed by atoms with E-state index in [2.05, 4.69) is 15.5 Å². The Morgan fingerprint density at radius 3 is 2.57 bits per heavy atom. The number of urea groups is 1. The fraction of sp³-hybridized carbons (Fsp3) is 0.238. The van der Waals surface area contributed by atoms with Crippen molar-refractivity contribution >= 4 is 11.9 Å². The van der Waals surface area contributed by atoms with Gasteiger partial charge in [0.15, 0.2) is 0 Å². The number of carbonyl (C=O) groups is 2. The topological polar surface area (TPSA) is 107 Å². The van der Waals surface area contributed by atoms with Crippen LogP contribution in [0.4, 0.5) is 4.79 Å². The van der Waals surface area contributed by atoms with E-state index >= 15 is 0 Å². The summed E-state index contributed by atoms with van der Waals surface area (Å²) in [4.78, 5) is 30.9. The molecule has 9 heteroatoms. The van der Waals surface area contributed by atoms with Gasteiger partial charge in [-0.05, 0) is 24.6 Å². The zero-order chi connectivity index (χ0) is 21.3. The van der Waals surface area contributed by atoms with Crippen molar-refractivity contribution in [1.82, 2.24) is 20.4 Å². The van der Waals surface area contributed by atoms with Crippen LogP contribution in [0, 0.1) is 0 Å². The molecular formula is C21H20N4O5. The highest BCUT2D eigenvalue weighted by Gasteiger charge is 2.49. The number of amides is 3. The largest absolute Gasteiger partial charge is 0.497 e. The Bertz CT molecular complexity index is 1100. The van der Waals surface area contributed by atoms with Gasteiger partial charge in [-0.3, -0.25) is 9.69 Å². The lowest BCUT2D eigenvalue weighted by atomic mass is 9.92. The zero-order valence-corrected chi connectivity index (χ0v) is 16.7. The van der Waals surface area contributed by atoms with E-state index in [1.54, 1.807) is 44.4 Å². The fourth-order valence-electron chi connectivity index (χ4n) is 3.35. The van der Waals surface area contributed by atoms with Crippen LogP contribution in [-0.4, -0.2) is 41.2 Å². The number of hydrogen-bond acceptors (Lipinski definition) is 7. The third-order valence-electron chi connectivity index (χ3n) is 5.04. The first-order valence-electron chi connectivity index (χ1n) is 9.21. The summed E-state index contributed by atoms with van der Waals surface area (Å²) in [7, 11) is 3.08. The van der Waals surface area contributed by atoms with Crippen molar-refractivity contribution in [2.24, 2.45) is 0 Å². The molecule has 30 heavy (non-hydrogen) atoms. The summed E-state index contributed by atoms with van der Waals surface area (Å²) in [5.41, 5.74) is 0.139.